The van der Waals surface area contributed by atoms with E-state index in [1.54, 1.807) is 24.8 Å². The van der Waals surface area contributed by atoms with E-state index in [1.807, 2.05) is 4.90 Å². The summed E-state index contributed by atoms with van der Waals surface area (Å²) in [4.78, 5) is 23.3. The van der Waals surface area contributed by atoms with Gasteiger partial charge in [0, 0.05) is 76.6 Å². The normalized spacial score (nSPS) is 19.4. The van der Waals surface area contributed by atoms with E-state index in [0.29, 0.717) is 17.8 Å². The average molecular weight is 399 g/mol. The highest BCUT2D eigenvalue weighted by Gasteiger charge is 2.26. The Labute approximate surface area is 169 Å². The van der Waals surface area contributed by atoms with Crippen molar-refractivity contribution < 1.29 is 4.79 Å². The molecule has 8 heteroatoms. The highest BCUT2D eigenvalue weighted by atomic mass is 32.1. The van der Waals surface area contributed by atoms with E-state index in [9.17, 15) is 4.79 Å². The van der Waals surface area contributed by atoms with Crippen LogP contribution in [-0.4, -0.2) is 79.2 Å². The largest absolute Gasteiger partial charge is 0.401 e. The van der Waals surface area contributed by atoms with Gasteiger partial charge in [0.2, 0.25) is 0 Å². The summed E-state index contributed by atoms with van der Waals surface area (Å²) in [6, 6.07) is 8.41. The molecule has 2 N–H and O–H groups in total. The lowest BCUT2D eigenvalue weighted by atomic mass is 10.1. The Bertz CT molecular complexity index is 912. The fraction of sp³-hybridized carbons (Fsp3) is 0.450. The number of rotatable bonds is 5. The van der Waals surface area contributed by atoms with Crippen molar-refractivity contribution in [1.82, 2.24) is 14.2 Å². The number of nitrogens with zero attached hydrogens (tertiary/aromatic N) is 5. The molecule has 1 fully saturated rings. The van der Waals surface area contributed by atoms with Gasteiger partial charge in [-0.15, -0.1) is 0 Å². The molecule has 0 atom stereocenters. The summed E-state index contributed by atoms with van der Waals surface area (Å²) in [5, 5.41) is 1.24. The van der Waals surface area contributed by atoms with Crippen molar-refractivity contribution in [1.29, 1.82) is 0 Å². The van der Waals surface area contributed by atoms with Crippen LogP contribution in [0.4, 0.5) is 5.82 Å². The molecule has 0 radical (unpaired) electrons. The van der Waals surface area contributed by atoms with Gasteiger partial charge in [0.15, 0.2) is 0 Å². The zero-order valence-corrected chi connectivity index (χ0v) is 17.0. The van der Waals surface area contributed by atoms with Crippen LogP contribution in [0.1, 0.15) is 6.42 Å². The maximum Gasteiger partial charge on any atom is 0.257 e. The number of nitrogens with two attached hydrogens (primary N) is 1. The third-order valence-corrected chi connectivity index (χ3v) is 6.31. The Balaban J connectivity index is 1.31. The number of anilines is 1. The molecule has 28 heavy (non-hydrogen) atoms. The molecule has 2 aliphatic heterocycles. The van der Waals surface area contributed by atoms with Crippen LogP contribution in [0.25, 0.3) is 10.1 Å². The number of aromatic nitrogens is 1. The molecular formula is C20H26N6OS. The van der Waals surface area contributed by atoms with Gasteiger partial charge >= 0.3 is 0 Å². The third kappa shape index (κ3) is 3.74. The molecule has 148 valence electrons. The van der Waals surface area contributed by atoms with Crippen LogP contribution < -0.4 is 10.6 Å². The third-order valence-electron chi connectivity index (χ3n) is 5.49. The number of hydrogen-bond acceptors (Lipinski definition) is 7. The first-order chi connectivity index (χ1) is 13.7. The quantitative estimate of drug-likeness (QED) is 0.774. The molecule has 7 nitrogen and oxygen atoms in total. The van der Waals surface area contributed by atoms with E-state index in [1.165, 1.54) is 10.1 Å². The smallest absolute Gasteiger partial charge is 0.257 e. The number of piperazine rings is 1. The molecule has 1 aromatic carbocycles. The van der Waals surface area contributed by atoms with Crippen molar-refractivity contribution in [2.45, 2.75) is 6.42 Å². The first-order valence-corrected chi connectivity index (χ1v) is 10.5. The minimum atomic E-state index is 0.00179. The molecule has 2 aromatic rings. The molecule has 0 saturated carbocycles. The zero-order valence-electron chi connectivity index (χ0n) is 16.2. The lowest BCUT2D eigenvalue weighted by Crippen LogP contribution is -2.50. The van der Waals surface area contributed by atoms with Gasteiger partial charge in [-0.2, -0.15) is 4.37 Å². The van der Waals surface area contributed by atoms with Crippen LogP contribution in [0.15, 0.2) is 40.5 Å². The molecule has 4 rings (SSSR count). The molecule has 3 heterocycles. The summed E-state index contributed by atoms with van der Waals surface area (Å²) >= 11 is 1.57. The predicted molar refractivity (Wildman–Crippen MR) is 115 cm³/mol. The zero-order chi connectivity index (χ0) is 19.5. The van der Waals surface area contributed by atoms with Gasteiger partial charge in [-0.3, -0.25) is 14.7 Å². The SMILES string of the molecule is CN=CC1=C(N)CCN(CCN2CCN(c3nsc4ccccc34)CC2)C1=O. The molecule has 0 unspecified atom stereocenters. The van der Waals surface area contributed by atoms with E-state index in [0.717, 1.165) is 51.5 Å². The second kappa shape index (κ2) is 8.28. The van der Waals surface area contributed by atoms with Crippen molar-refractivity contribution in [3.8, 4) is 0 Å². The number of benzene rings is 1. The number of hydrogen-bond donors (Lipinski definition) is 1. The van der Waals surface area contributed by atoms with Crippen LogP contribution in [0.3, 0.4) is 0 Å². The van der Waals surface area contributed by atoms with Gasteiger partial charge in [-0.1, -0.05) is 12.1 Å². The molecule has 1 amide bonds. The summed E-state index contributed by atoms with van der Waals surface area (Å²) in [5.41, 5.74) is 7.18. The first-order valence-electron chi connectivity index (χ1n) is 9.69. The van der Waals surface area contributed by atoms with Gasteiger partial charge < -0.3 is 15.5 Å². The van der Waals surface area contributed by atoms with Crippen LogP contribution in [0, 0.1) is 0 Å². The van der Waals surface area contributed by atoms with Crippen LogP contribution in [0.5, 0.6) is 0 Å². The van der Waals surface area contributed by atoms with Crippen LogP contribution in [-0.2, 0) is 4.79 Å². The van der Waals surface area contributed by atoms with E-state index < -0.39 is 0 Å². The van der Waals surface area contributed by atoms with Gasteiger partial charge in [-0.25, -0.2) is 0 Å². The van der Waals surface area contributed by atoms with Gasteiger partial charge in [0.05, 0.1) is 10.3 Å². The van der Waals surface area contributed by atoms with Crippen LogP contribution >= 0.6 is 11.5 Å². The monoisotopic (exact) mass is 398 g/mol. The van der Waals surface area contributed by atoms with Crippen LogP contribution in [0.2, 0.25) is 0 Å². The molecule has 0 spiro atoms. The van der Waals surface area contributed by atoms with Crippen molar-refractivity contribution in [3.63, 3.8) is 0 Å². The van der Waals surface area contributed by atoms with Gasteiger partial charge in [-0.05, 0) is 23.7 Å². The van der Waals surface area contributed by atoms with E-state index in [-0.39, 0.29) is 5.91 Å². The minimum Gasteiger partial charge on any atom is -0.401 e. The highest BCUT2D eigenvalue weighted by Crippen LogP contribution is 2.29. The molecule has 2 aliphatic rings. The number of carbonyl (C=O) groups is 1. The minimum absolute atomic E-state index is 0.00179. The number of fused-ring (bicyclic) bond motifs is 1. The first kappa shape index (κ1) is 18.9. The summed E-state index contributed by atoms with van der Waals surface area (Å²) in [7, 11) is 1.66. The maximum absolute atomic E-state index is 12.6. The predicted octanol–water partition coefficient (Wildman–Crippen LogP) is 1.56. The van der Waals surface area contributed by atoms with E-state index in [4.69, 9.17) is 5.73 Å². The summed E-state index contributed by atoms with van der Waals surface area (Å²) in [6.07, 6.45) is 2.30. The second-order valence-corrected chi connectivity index (χ2v) is 8.00. The van der Waals surface area contributed by atoms with Crippen molar-refractivity contribution >= 4 is 39.6 Å². The lowest BCUT2D eigenvalue weighted by Gasteiger charge is -2.36. The molecular weight excluding hydrogens is 372 g/mol. The molecule has 1 saturated heterocycles. The van der Waals surface area contributed by atoms with Gasteiger partial charge in [0.1, 0.15) is 5.82 Å². The van der Waals surface area contributed by atoms with Crippen molar-refractivity contribution in [3.05, 3.63) is 35.5 Å². The Morgan fingerprint density at radius 1 is 1.18 bits per heavy atom. The number of aliphatic imine (C=N–C) groups is 1. The Kier molecular flexibility index (Phi) is 5.59. The van der Waals surface area contributed by atoms with E-state index in [2.05, 4.69) is 43.4 Å². The van der Waals surface area contributed by atoms with Gasteiger partial charge in [0.25, 0.3) is 5.91 Å². The maximum atomic E-state index is 12.6. The number of carbonyl (C=O) groups excluding carboxylic acids is 1. The summed E-state index contributed by atoms with van der Waals surface area (Å²) in [6.45, 7) is 6.19. The highest BCUT2D eigenvalue weighted by molar-refractivity contribution is 7.13. The number of amides is 1. The standard InChI is InChI=1S/C20H26N6OS/c1-22-14-16-17(21)6-7-26(20(16)27)13-10-24-8-11-25(12-9-24)19-15-4-2-3-5-18(15)28-23-19/h2-5,14H,6-13,21H2,1H3. The molecule has 1 aromatic heterocycles. The molecule has 0 bridgehead atoms. The fourth-order valence-electron chi connectivity index (χ4n) is 3.83. The van der Waals surface area contributed by atoms with Crippen molar-refractivity contribution in [2.24, 2.45) is 10.7 Å². The molecule has 0 aliphatic carbocycles. The summed E-state index contributed by atoms with van der Waals surface area (Å²) in [5.74, 6) is 1.11. The average Bonchev–Trinajstić information content (AvgIpc) is 3.15. The fourth-order valence-corrected chi connectivity index (χ4v) is 4.62. The van der Waals surface area contributed by atoms with Crippen molar-refractivity contribution in [2.75, 3.05) is 57.8 Å². The Morgan fingerprint density at radius 3 is 2.75 bits per heavy atom. The lowest BCUT2D eigenvalue weighted by molar-refractivity contribution is -0.127. The second-order valence-electron chi connectivity index (χ2n) is 7.20. The van der Waals surface area contributed by atoms with E-state index >= 15 is 0 Å². The Morgan fingerprint density at radius 2 is 1.96 bits per heavy atom. The topological polar surface area (TPSA) is 78.1 Å². The summed E-state index contributed by atoms with van der Waals surface area (Å²) < 4.78 is 5.91. The Hall–Kier alpha value is -2.45.